The van der Waals surface area contributed by atoms with Crippen LogP contribution in [0.25, 0.3) is 5.82 Å². The Morgan fingerprint density at radius 2 is 1.96 bits per heavy atom. The highest BCUT2D eigenvalue weighted by Gasteiger charge is 2.91. The zero-order valence-corrected chi connectivity index (χ0v) is 14.9. The van der Waals surface area contributed by atoms with Crippen LogP contribution in [0, 0.1) is 10.8 Å². The number of halogens is 1. The number of ether oxygens (including phenoxy) is 1. The third-order valence-corrected chi connectivity index (χ3v) is 6.96. The summed E-state index contributed by atoms with van der Waals surface area (Å²) in [5.74, 6) is -0.193. The van der Waals surface area contributed by atoms with Crippen molar-refractivity contribution in [3.63, 3.8) is 0 Å². The van der Waals surface area contributed by atoms with E-state index in [1.165, 1.54) is 36.4 Å². The van der Waals surface area contributed by atoms with Crippen molar-refractivity contribution >= 4 is 25.4 Å². The van der Waals surface area contributed by atoms with Crippen molar-refractivity contribution < 1.29 is 14.6 Å². The summed E-state index contributed by atoms with van der Waals surface area (Å²) in [7, 11) is 6.66. The maximum atomic E-state index is 11.0. The number of nitrogens with zero attached hydrogens (tertiary/aromatic N) is 3. The van der Waals surface area contributed by atoms with Gasteiger partial charge in [-0.15, -0.1) is 5.10 Å². The molecule has 2 aromatic heterocycles. The highest BCUT2D eigenvalue weighted by atomic mass is 35.5. The van der Waals surface area contributed by atoms with E-state index in [0.717, 1.165) is 6.42 Å². The van der Waals surface area contributed by atoms with Crippen molar-refractivity contribution in [2.45, 2.75) is 37.4 Å². The quantitative estimate of drug-likeness (QED) is 0.624. The van der Waals surface area contributed by atoms with E-state index in [0.29, 0.717) is 29.1 Å². The molecule has 1 N–H and O–H groups in total. The van der Waals surface area contributed by atoms with Crippen molar-refractivity contribution in [1.29, 1.82) is 0 Å². The summed E-state index contributed by atoms with van der Waals surface area (Å²) < 4.78 is 7.30. The molecular formula is C18H17BClN3O3. The number of fused-ring (bicyclic) bond motifs is 1. The molecule has 3 aliphatic carbocycles. The van der Waals surface area contributed by atoms with E-state index in [1.807, 2.05) is 0 Å². The Balaban J connectivity index is 1.24. The lowest BCUT2D eigenvalue weighted by Crippen LogP contribution is -2.07. The average Bonchev–Trinajstić information content (AvgIpc) is 3.53. The number of aromatic carboxylic acids is 1. The van der Waals surface area contributed by atoms with Crippen LogP contribution in [0.3, 0.4) is 0 Å². The van der Waals surface area contributed by atoms with Crippen LogP contribution in [0.15, 0.2) is 24.4 Å². The summed E-state index contributed by atoms with van der Waals surface area (Å²) in [6, 6.07) is 4.71. The molecule has 0 amide bonds. The normalized spacial score (nSPS) is 22.3. The van der Waals surface area contributed by atoms with Crippen molar-refractivity contribution in [2.75, 3.05) is 6.61 Å². The summed E-state index contributed by atoms with van der Waals surface area (Å²) in [5, 5.41) is 13.2. The number of carboxylic acids is 1. The van der Waals surface area contributed by atoms with Gasteiger partial charge in [-0.3, -0.25) is 0 Å². The van der Waals surface area contributed by atoms with E-state index in [2.05, 4.69) is 10.1 Å². The third kappa shape index (κ3) is 1.98. The van der Waals surface area contributed by atoms with Crippen molar-refractivity contribution in [3.05, 3.63) is 35.1 Å². The first-order chi connectivity index (χ1) is 12.4. The van der Waals surface area contributed by atoms with Crippen LogP contribution in [0.1, 0.15) is 42.5 Å². The lowest BCUT2D eigenvalue weighted by atomic mass is 9.75. The van der Waals surface area contributed by atoms with Crippen LogP contribution in [0.4, 0.5) is 0 Å². The number of rotatable bonds is 6. The fourth-order valence-electron chi connectivity index (χ4n) is 5.08. The van der Waals surface area contributed by atoms with Gasteiger partial charge in [0, 0.05) is 12.3 Å². The smallest absolute Gasteiger partial charge is 0.338 e. The topological polar surface area (TPSA) is 77.2 Å². The molecule has 6 nitrogen and oxygen atoms in total. The highest BCUT2D eigenvalue weighted by Crippen LogP contribution is 3.02. The maximum absolute atomic E-state index is 11.0. The van der Waals surface area contributed by atoms with Gasteiger partial charge in [-0.25, -0.2) is 14.5 Å². The van der Waals surface area contributed by atoms with E-state index in [4.69, 9.17) is 29.3 Å². The molecule has 2 aromatic rings. The summed E-state index contributed by atoms with van der Waals surface area (Å²) >= 11 is 5.91. The maximum Gasteiger partial charge on any atom is 0.338 e. The molecule has 8 heteroatoms. The Morgan fingerprint density at radius 1 is 1.27 bits per heavy atom. The predicted octanol–water partition coefficient (Wildman–Crippen LogP) is 3.29. The molecule has 0 aromatic carbocycles. The van der Waals surface area contributed by atoms with E-state index in [-0.39, 0.29) is 16.0 Å². The minimum Gasteiger partial charge on any atom is -0.478 e. The molecule has 3 aliphatic rings. The van der Waals surface area contributed by atoms with Gasteiger partial charge in [0.1, 0.15) is 5.15 Å². The molecule has 5 rings (SSSR count). The van der Waals surface area contributed by atoms with E-state index in [1.54, 1.807) is 18.3 Å². The number of pyridine rings is 1. The SMILES string of the molecule is [B]C1(CCOc2ccn(-c3ccc(C(=O)O)c(Cl)n3)n2)C2(CC2)C12CC2. The zero-order chi connectivity index (χ0) is 18.2. The first-order valence-electron chi connectivity index (χ1n) is 8.80. The number of carboxylic acid groups (broad SMARTS) is 1. The molecule has 2 radical (unpaired) electrons. The number of hydrogen-bond donors (Lipinski definition) is 1. The van der Waals surface area contributed by atoms with Gasteiger partial charge >= 0.3 is 5.97 Å². The van der Waals surface area contributed by atoms with Gasteiger partial charge in [0.15, 0.2) is 5.82 Å². The Kier molecular flexibility index (Phi) is 3.13. The van der Waals surface area contributed by atoms with Crippen LogP contribution in [-0.4, -0.2) is 40.3 Å². The van der Waals surface area contributed by atoms with Gasteiger partial charge in [0.25, 0.3) is 0 Å². The summed E-state index contributed by atoms with van der Waals surface area (Å²) in [6.45, 7) is 0.545. The minimum absolute atomic E-state index is 0.0374. The van der Waals surface area contributed by atoms with Gasteiger partial charge in [-0.2, -0.15) is 0 Å². The van der Waals surface area contributed by atoms with Gasteiger partial charge in [0.05, 0.1) is 20.0 Å². The Morgan fingerprint density at radius 3 is 2.54 bits per heavy atom. The third-order valence-electron chi connectivity index (χ3n) is 6.67. The predicted molar refractivity (Wildman–Crippen MR) is 95.2 cm³/mol. The van der Waals surface area contributed by atoms with Crippen molar-refractivity contribution in [1.82, 2.24) is 14.8 Å². The van der Waals surface area contributed by atoms with Crippen LogP contribution in [-0.2, 0) is 0 Å². The molecular weight excluding hydrogens is 352 g/mol. The molecule has 0 atom stereocenters. The van der Waals surface area contributed by atoms with Gasteiger partial charge in [0.2, 0.25) is 5.88 Å². The Labute approximate surface area is 156 Å². The van der Waals surface area contributed by atoms with E-state index < -0.39 is 5.97 Å². The molecule has 0 aliphatic heterocycles. The standard InChI is InChI=1S/C18H17BClN3O3/c19-18(16(4-5-16)17(18)6-7-17)8-10-26-13-3-9-23(22-13)12-2-1-11(15(24)25)14(20)21-12/h1-3,9H,4-8,10H2,(H,24,25). The van der Waals surface area contributed by atoms with Crippen molar-refractivity contribution in [3.8, 4) is 11.7 Å². The van der Waals surface area contributed by atoms with Gasteiger partial charge in [-0.1, -0.05) is 16.9 Å². The van der Waals surface area contributed by atoms with Gasteiger partial charge in [-0.05, 0) is 55.1 Å². The minimum atomic E-state index is -1.11. The molecule has 132 valence electrons. The van der Waals surface area contributed by atoms with Crippen LogP contribution >= 0.6 is 11.6 Å². The molecule has 0 bridgehead atoms. The lowest BCUT2D eigenvalue weighted by molar-refractivity contribution is 0.0696. The number of hydrogen-bond acceptors (Lipinski definition) is 4. The number of carbonyl (C=O) groups is 1. The Bertz CT molecular complexity index is 902. The molecule has 2 spiro atoms. The van der Waals surface area contributed by atoms with E-state index >= 15 is 0 Å². The monoisotopic (exact) mass is 369 g/mol. The second-order valence-corrected chi connectivity index (χ2v) is 8.00. The van der Waals surface area contributed by atoms with Gasteiger partial charge < -0.3 is 9.84 Å². The second kappa shape index (κ2) is 5.03. The second-order valence-electron chi connectivity index (χ2n) is 7.65. The lowest BCUT2D eigenvalue weighted by Gasteiger charge is -2.12. The number of aromatic nitrogens is 3. The molecule has 3 saturated carbocycles. The summed E-state index contributed by atoms with van der Waals surface area (Å²) in [4.78, 5) is 15.1. The average molecular weight is 370 g/mol. The largest absolute Gasteiger partial charge is 0.478 e. The van der Waals surface area contributed by atoms with Crippen LogP contribution in [0.5, 0.6) is 5.88 Å². The van der Waals surface area contributed by atoms with E-state index in [9.17, 15) is 4.79 Å². The summed E-state index contributed by atoms with van der Waals surface area (Å²) in [6.07, 6.45) is 7.66. The van der Waals surface area contributed by atoms with Crippen molar-refractivity contribution in [2.24, 2.45) is 10.8 Å². The summed E-state index contributed by atoms with van der Waals surface area (Å²) in [5.41, 5.74) is 0.810. The fraction of sp³-hybridized carbons (Fsp3) is 0.500. The molecule has 26 heavy (non-hydrogen) atoms. The molecule has 3 fully saturated rings. The van der Waals surface area contributed by atoms with Crippen LogP contribution < -0.4 is 4.74 Å². The Hall–Kier alpha value is -2.02. The molecule has 2 heterocycles. The molecule has 0 unspecified atom stereocenters. The van der Waals surface area contributed by atoms with Crippen LogP contribution in [0.2, 0.25) is 10.5 Å². The molecule has 0 saturated heterocycles. The highest BCUT2D eigenvalue weighted by molar-refractivity contribution is 6.32. The zero-order valence-electron chi connectivity index (χ0n) is 14.1. The fourth-order valence-corrected chi connectivity index (χ4v) is 5.31. The first kappa shape index (κ1) is 16.2. The first-order valence-corrected chi connectivity index (χ1v) is 9.18.